The Balaban J connectivity index is 1.68. The van der Waals surface area contributed by atoms with Crippen LogP contribution in [0.15, 0.2) is 72.8 Å². The monoisotopic (exact) mass is 348 g/mol. The number of halogens is 1. The number of aldehydes is 1. The lowest BCUT2D eigenvalue weighted by molar-refractivity contribution is -0.119. The van der Waals surface area contributed by atoms with Crippen molar-refractivity contribution in [1.82, 2.24) is 0 Å². The van der Waals surface area contributed by atoms with Gasteiger partial charge in [-0.3, -0.25) is 0 Å². The summed E-state index contributed by atoms with van der Waals surface area (Å²) >= 11 is 0. The summed E-state index contributed by atoms with van der Waals surface area (Å²) in [4.78, 5) is 11.4. The highest BCUT2D eigenvalue weighted by Gasteiger charge is 2.34. The third-order valence-corrected chi connectivity index (χ3v) is 4.48. The van der Waals surface area contributed by atoms with Crippen molar-refractivity contribution in [3.8, 4) is 5.75 Å². The molecule has 0 saturated carbocycles. The molecular formula is C22H17FO3. The van der Waals surface area contributed by atoms with Crippen molar-refractivity contribution in [2.24, 2.45) is 0 Å². The van der Waals surface area contributed by atoms with Crippen LogP contribution in [0, 0.1) is 5.82 Å². The molecule has 4 heteroatoms. The molecule has 3 nitrogen and oxygen atoms in total. The number of carbonyl (C=O) groups is 1. The van der Waals surface area contributed by atoms with Crippen LogP contribution in [0.3, 0.4) is 0 Å². The molecule has 0 N–H and O–H groups in total. The fourth-order valence-electron chi connectivity index (χ4n) is 3.24. The fraction of sp³-hybridized carbons (Fsp3) is 0.136. The molecule has 3 aromatic carbocycles. The van der Waals surface area contributed by atoms with E-state index in [4.69, 9.17) is 9.47 Å². The number of benzene rings is 3. The summed E-state index contributed by atoms with van der Waals surface area (Å²) in [5.74, 6) is 0.171. The summed E-state index contributed by atoms with van der Waals surface area (Å²) in [6.45, 7) is 0.366. The van der Waals surface area contributed by atoms with E-state index in [1.165, 1.54) is 12.1 Å². The third-order valence-electron chi connectivity index (χ3n) is 4.48. The first-order valence-corrected chi connectivity index (χ1v) is 8.42. The first-order chi connectivity index (χ1) is 12.8. The predicted molar refractivity (Wildman–Crippen MR) is 95.3 cm³/mol. The maximum Gasteiger partial charge on any atom is 0.153 e. The number of hydrogen-bond acceptors (Lipinski definition) is 3. The zero-order valence-electron chi connectivity index (χ0n) is 14.0. The standard InChI is InChI=1S/C22H17FO3/c23-16-10-11-20(25-14-15-6-2-1-3-7-15)19(12-16)22-18-9-5-4-8-17(18)21(13-24)26-22/h1-13,21-22H,14H2. The molecule has 0 aromatic heterocycles. The van der Waals surface area contributed by atoms with Gasteiger partial charge >= 0.3 is 0 Å². The van der Waals surface area contributed by atoms with Crippen molar-refractivity contribution in [1.29, 1.82) is 0 Å². The van der Waals surface area contributed by atoms with E-state index in [2.05, 4.69) is 0 Å². The van der Waals surface area contributed by atoms with Gasteiger partial charge in [-0.1, -0.05) is 54.6 Å². The molecule has 130 valence electrons. The van der Waals surface area contributed by atoms with E-state index >= 15 is 0 Å². The SMILES string of the molecule is O=CC1OC(c2cc(F)ccc2OCc2ccccc2)c2ccccc21. The van der Waals surface area contributed by atoms with E-state index in [1.807, 2.05) is 54.6 Å². The quantitative estimate of drug-likeness (QED) is 0.624. The van der Waals surface area contributed by atoms with E-state index in [1.54, 1.807) is 6.07 Å². The van der Waals surface area contributed by atoms with Crippen LogP contribution in [0.5, 0.6) is 5.75 Å². The van der Waals surface area contributed by atoms with Crippen LogP contribution in [0.4, 0.5) is 4.39 Å². The summed E-state index contributed by atoms with van der Waals surface area (Å²) in [5.41, 5.74) is 3.27. The van der Waals surface area contributed by atoms with E-state index in [9.17, 15) is 9.18 Å². The van der Waals surface area contributed by atoms with E-state index < -0.39 is 12.2 Å². The Bertz CT molecular complexity index is 924. The van der Waals surface area contributed by atoms with Crippen LogP contribution in [-0.2, 0) is 16.1 Å². The Hall–Kier alpha value is -2.98. The largest absolute Gasteiger partial charge is 0.489 e. The van der Waals surface area contributed by atoms with Crippen molar-refractivity contribution >= 4 is 6.29 Å². The number of ether oxygens (including phenoxy) is 2. The van der Waals surface area contributed by atoms with Crippen LogP contribution < -0.4 is 4.74 Å². The van der Waals surface area contributed by atoms with Gasteiger partial charge in [0.2, 0.25) is 0 Å². The smallest absolute Gasteiger partial charge is 0.153 e. The number of rotatable bonds is 5. The summed E-state index contributed by atoms with van der Waals surface area (Å²) in [5, 5.41) is 0. The molecule has 4 rings (SSSR count). The Labute approximate surface area is 151 Å². The highest BCUT2D eigenvalue weighted by atomic mass is 19.1. The van der Waals surface area contributed by atoms with Gasteiger partial charge in [-0.15, -0.1) is 0 Å². The zero-order chi connectivity index (χ0) is 17.9. The molecule has 0 aliphatic carbocycles. The average molecular weight is 348 g/mol. The lowest BCUT2D eigenvalue weighted by Gasteiger charge is -2.18. The molecule has 0 spiro atoms. The molecule has 1 aliphatic heterocycles. The van der Waals surface area contributed by atoms with E-state index in [-0.39, 0.29) is 5.82 Å². The summed E-state index contributed by atoms with van der Waals surface area (Å²) in [6.07, 6.45) is -0.424. The van der Waals surface area contributed by atoms with Gasteiger partial charge in [-0.25, -0.2) is 4.39 Å². The Morgan fingerprint density at radius 2 is 1.65 bits per heavy atom. The topological polar surface area (TPSA) is 35.5 Å². The van der Waals surface area contributed by atoms with Crippen molar-refractivity contribution in [2.75, 3.05) is 0 Å². The maximum atomic E-state index is 13.9. The van der Waals surface area contributed by atoms with Gasteiger partial charge in [-0.05, 0) is 34.9 Å². The number of hydrogen-bond donors (Lipinski definition) is 0. The average Bonchev–Trinajstić information content (AvgIpc) is 3.06. The second-order valence-electron chi connectivity index (χ2n) is 6.16. The first kappa shape index (κ1) is 16.5. The molecule has 0 amide bonds. The Kier molecular flexibility index (Phi) is 4.50. The zero-order valence-corrected chi connectivity index (χ0v) is 14.0. The molecule has 0 fully saturated rings. The van der Waals surface area contributed by atoms with Crippen LogP contribution in [0.2, 0.25) is 0 Å². The minimum Gasteiger partial charge on any atom is -0.489 e. The lowest BCUT2D eigenvalue weighted by atomic mass is 9.97. The predicted octanol–water partition coefficient (Wildman–Crippen LogP) is 4.76. The van der Waals surface area contributed by atoms with E-state index in [0.717, 1.165) is 23.0 Å². The molecule has 1 aliphatic rings. The third kappa shape index (κ3) is 3.11. The van der Waals surface area contributed by atoms with Crippen molar-refractivity contribution < 1.29 is 18.7 Å². The number of fused-ring (bicyclic) bond motifs is 1. The van der Waals surface area contributed by atoms with Crippen molar-refractivity contribution in [3.63, 3.8) is 0 Å². The van der Waals surface area contributed by atoms with Crippen LogP contribution in [-0.4, -0.2) is 6.29 Å². The summed E-state index contributed by atoms with van der Waals surface area (Å²) in [7, 11) is 0. The Morgan fingerprint density at radius 1 is 0.923 bits per heavy atom. The van der Waals surface area contributed by atoms with Gasteiger partial charge in [0.1, 0.15) is 30.4 Å². The number of carbonyl (C=O) groups excluding carboxylic acids is 1. The minimum atomic E-state index is -0.651. The van der Waals surface area contributed by atoms with Crippen LogP contribution in [0.1, 0.15) is 34.5 Å². The fourth-order valence-corrected chi connectivity index (χ4v) is 3.24. The summed E-state index contributed by atoms with van der Waals surface area (Å²) in [6, 6.07) is 21.6. The maximum absolute atomic E-state index is 13.9. The van der Waals surface area contributed by atoms with Gasteiger partial charge in [0, 0.05) is 5.56 Å². The van der Waals surface area contributed by atoms with Crippen molar-refractivity contribution in [3.05, 3.63) is 101 Å². The molecule has 26 heavy (non-hydrogen) atoms. The van der Waals surface area contributed by atoms with Crippen LogP contribution >= 0.6 is 0 Å². The Morgan fingerprint density at radius 3 is 2.42 bits per heavy atom. The molecule has 0 saturated heterocycles. The first-order valence-electron chi connectivity index (χ1n) is 8.42. The van der Waals surface area contributed by atoms with Gasteiger partial charge in [0.15, 0.2) is 6.29 Å². The molecule has 3 aromatic rings. The van der Waals surface area contributed by atoms with Gasteiger partial charge in [-0.2, -0.15) is 0 Å². The van der Waals surface area contributed by atoms with Crippen LogP contribution in [0.25, 0.3) is 0 Å². The van der Waals surface area contributed by atoms with Gasteiger partial charge in [0.25, 0.3) is 0 Å². The normalized spacial score (nSPS) is 18.3. The highest BCUT2D eigenvalue weighted by molar-refractivity contribution is 5.64. The molecule has 0 radical (unpaired) electrons. The minimum absolute atomic E-state index is 0.366. The second-order valence-corrected chi connectivity index (χ2v) is 6.16. The molecule has 2 unspecified atom stereocenters. The molecular weight excluding hydrogens is 331 g/mol. The van der Waals surface area contributed by atoms with Crippen molar-refractivity contribution in [2.45, 2.75) is 18.8 Å². The van der Waals surface area contributed by atoms with E-state index in [0.29, 0.717) is 17.9 Å². The second kappa shape index (κ2) is 7.10. The molecule has 1 heterocycles. The lowest BCUT2D eigenvalue weighted by Crippen LogP contribution is -2.06. The summed E-state index contributed by atoms with van der Waals surface area (Å²) < 4.78 is 25.8. The van der Waals surface area contributed by atoms with Gasteiger partial charge in [0.05, 0.1) is 0 Å². The van der Waals surface area contributed by atoms with Gasteiger partial charge < -0.3 is 14.3 Å². The molecule has 0 bridgehead atoms. The highest BCUT2D eigenvalue weighted by Crippen LogP contribution is 2.44. The molecule has 2 atom stereocenters.